The van der Waals surface area contributed by atoms with E-state index in [0.29, 0.717) is 24.0 Å². The Morgan fingerprint density at radius 2 is 2.04 bits per heavy atom. The van der Waals surface area contributed by atoms with Crippen LogP contribution in [0.25, 0.3) is 11.4 Å². The van der Waals surface area contributed by atoms with Crippen molar-refractivity contribution in [2.75, 3.05) is 7.11 Å². The van der Waals surface area contributed by atoms with E-state index in [0.717, 1.165) is 35.4 Å². The van der Waals surface area contributed by atoms with E-state index in [9.17, 15) is 9.18 Å². The number of carbonyl (C=O) groups is 1. The lowest BCUT2D eigenvalue weighted by Gasteiger charge is -2.06. The van der Waals surface area contributed by atoms with Crippen molar-refractivity contribution in [1.29, 1.82) is 0 Å². The van der Waals surface area contributed by atoms with Gasteiger partial charge < -0.3 is 15.0 Å². The third-order valence-corrected chi connectivity index (χ3v) is 4.64. The largest absolute Gasteiger partial charge is 0.497 e. The van der Waals surface area contributed by atoms with Crippen LogP contribution in [0, 0.1) is 5.82 Å². The molecule has 0 atom stereocenters. The average Bonchev–Trinajstić information content (AvgIpc) is 3.45. The van der Waals surface area contributed by atoms with Crippen LogP contribution in [0.3, 0.4) is 0 Å². The number of H-pyrrole nitrogens is 1. The summed E-state index contributed by atoms with van der Waals surface area (Å²) in [5.74, 6) is 1.15. The Morgan fingerprint density at radius 3 is 2.74 bits per heavy atom. The maximum Gasteiger partial charge on any atom is 0.272 e. The normalized spacial score (nSPS) is 13.4. The SMILES string of the molecule is COc1cccc(CNC(=O)c2nc(-c3ccc(F)cc3)[nH]c2C2CC2)c1. The molecule has 5 nitrogen and oxygen atoms in total. The van der Waals surface area contributed by atoms with Crippen LogP contribution in [0.1, 0.15) is 40.5 Å². The molecule has 4 rings (SSSR count). The van der Waals surface area contributed by atoms with E-state index in [1.54, 1.807) is 19.2 Å². The molecule has 0 bridgehead atoms. The molecule has 1 amide bonds. The van der Waals surface area contributed by atoms with E-state index in [-0.39, 0.29) is 11.7 Å². The zero-order valence-electron chi connectivity index (χ0n) is 15.0. The van der Waals surface area contributed by atoms with E-state index in [1.807, 2.05) is 24.3 Å². The number of amides is 1. The highest BCUT2D eigenvalue weighted by Gasteiger charge is 2.31. The first-order chi connectivity index (χ1) is 13.1. The summed E-state index contributed by atoms with van der Waals surface area (Å²) < 4.78 is 18.4. The molecule has 0 unspecified atom stereocenters. The number of ether oxygens (including phenoxy) is 1. The first-order valence-electron chi connectivity index (χ1n) is 8.91. The van der Waals surface area contributed by atoms with Gasteiger partial charge in [0, 0.05) is 18.0 Å². The fourth-order valence-corrected chi connectivity index (χ4v) is 3.02. The van der Waals surface area contributed by atoms with Crippen LogP contribution < -0.4 is 10.1 Å². The Bertz CT molecular complexity index is 962. The van der Waals surface area contributed by atoms with Crippen LogP contribution in [0.4, 0.5) is 4.39 Å². The van der Waals surface area contributed by atoms with Gasteiger partial charge in [-0.25, -0.2) is 9.37 Å². The van der Waals surface area contributed by atoms with Gasteiger partial charge in [0.05, 0.1) is 12.8 Å². The van der Waals surface area contributed by atoms with Crippen LogP contribution >= 0.6 is 0 Å². The Morgan fingerprint density at radius 1 is 1.26 bits per heavy atom. The molecule has 1 aliphatic carbocycles. The summed E-state index contributed by atoms with van der Waals surface area (Å²) in [5.41, 5.74) is 2.98. The highest BCUT2D eigenvalue weighted by Crippen LogP contribution is 2.41. The highest BCUT2D eigenvalue weighted by molar-refractivity contribution is 5.94. The van der Waals surface area contributed by atoms with Gasteiger partial charge in [-0.05, 0) is 54.8 Å². The minimum atomic E-state index is -0.302. The number of aromatic nitrogens is 2. The Balaban J connectivity index is 1.54. The van der Waals surface area contributed by atoms with Gasteiger partial charge in [-0.1, -0.05) is 12.1 Å². The fraction of sp³-hybridized carbons (Fsp3) is 0.238. The number of halogens is 1. The van der Waals surface area contributed by atoms with Gasteiger partial charge in [0.2, 0.25) is 0 Å². The number of benzene rings is 2. The van der Waals surface area contributed by atoms with Crippen molar-refractivity contribution in [2.24, 2.45) is 0 Å². The number of imidazole rings is 1. The predicted octanol–water partition coefficient (Wildman–Crippen LogP) is 4.03. The first kappa shape index (κ1) is 17.3. The number of rotatable bonds is 6. The van der Waals surface area contributed by atoms with Crippen LogP contribution in [-0.4, -0.2) is 23.0 Å². The second kappa shape index (κ2) is 7.23. The van der Waals surface area contributed by atoms with Gasteiger partial charge in [0.1, 0.15) is 23.1 Å². The maximum absolute atomic E-state index is 13.2. The number of methoxy groups -OCH3 is 1. The van der Waals surface area contributed by atoms with E-state index < -0.39 is 0 Å². The zero-order valence-corrected chi connectivity index (χ0v) is 15.0. The van der Waals surface area contributed by atoms with Crippen LogP contribution in [0.5, 0.6) is 5.75 Å². The Kier molecular flexibility index (Phi) is 4.62. The summed E-state index contributed by atoms with van der Waals surface area (Å²) in [6.45, 7) is 0.388. The van der Waals surface area contributed by atoms with Gasteiger partial charge in [0.25, 0.3) is 5.91 Å². The summed E-state index contributed by atoms with van der Waals surface area (Å²) in [4.78, 5) is 20.5. The Hall–Kier alpha value is -3.15. The van der Waals surface area contributed by atoms with Gasteiger partial charge in [-0.2, -0.15) is 0 Å². The monoisotopic (exact) mass is 365 g/mol. The highest BCUT2D eigenvalue weighted by atomic mass is 19.1. The molecule has 6 heteroatoms. The minimum Gasteiger partial charge on any atom is -0.497 e. The number of hydrogen-bond acceptors (Lipinski definition) is 3. The standard InChI is InChI=1S/C21H20FN3O2/c1-27-17-4-2-3-13(11-17)12-23-21(26)19-18(14-5-6-14)24-20(25-19)15-7-9-16(22)10-8-15/h2-4,7-11,14H,5-6,12H2,1H3,(H,23,26)(H,24,25). The fourth-order valence-electron chi connectivity index (χ4n) is 3.02. The van der Waals surface area contributed by atoms with Crippen molar-refractivity contribution in [1.82, 2.24) is 15.3 Å². The number of aromatic amines is 1. The van der Waals surface area contributed by atoms with E-state index in [4.69, 9.17) is 4.74 Å². The van der Waals surface area contributed by atoms with Crippen LogP contribution in [0.15, 0.2) is 48.5 Å². The minimum absolute atomic E-state index is 0.218. The molecule has 2 N–H and O–H groups in total. The third-order valence-electron chi connectivity index (χ3n) is 4.64. The number of hydrogen-bond donors (Lipinski definition) is 2. The topological polar surface area (TPSA) is 67.0 Å². The maximum atomic E-state index is 13.2. The summed E-state index contributed by atoms with van der Waals surface area (Å²) in [7, 11) is 1.61. The Labute approximate surface area is 156 Å². The van der Waals surface area contributed by atoms with Crippen molar-refractivity contribution in [3.63, 3.8) is 0 Å². The molecule has 0 saturated heterocycles. The van der Waals surface area contributed by atoms with Crippen molar-refractivity contribution in [3.8, 4) is 17.1 Å². The first-order valence-corrected chi connectivity index (χ1v) is 8.91. The number of carbonyl (C=O) groups excluding carboxylic acids is 1. The smallest absolute Gasteiger partial charge is 0.272 e. The number of nitrogens with zero attached hydrogens (tertiary/aromatic N) is 1. The summed E-state index contributed by atoms with van der Waals surface area (Å²) >= 11 is 0. The molecule has 27 heavy (non-hydrogen) atoms. The molecular formula is C21H20FN3O2. The van der Waals surface area contributed by atoms with Crippen LogP contribution in [-0.2, 0) is 6.54 Å². The van der Waals surface area contributed by atoms with Gasteiger partial charge >= 0.3 is 0 Å². The predicted molar refractivity (Wildman–Crippen MR) is 100 cm³/mol. The summed E-state index contributed by atoms with van der Waals surface area (Å²) in [6, 6.07) is 13.6. The van der Waals surface area contributed by atoms with E-state index in [2.05, 4.69) is 15.3 Å². The molecule has 3 aromatic rings. The summed E-state index contributed by atoms with van der Waals surface area (Å²) in [6.07, 6.45) is 2.09. The second-order valence-corrected chi connectivity index (χ2v) is 6.66. The molecule has 1 saturated carbocycles. The molecule has 1 fully saturated rings. The van der Waals surface area contributed by atoms with Crippen molar-refractivity contribution in [3.05, 3.63) is 71.3 Å². The van der Waals surface area contributed by atoms with Crippen molar-refractivity contribution in [2.45, 2.75) is 25.3 Å². The second-order valence-electron chi connectivity index (χ2n) is 6.66. The lowest BCUT2D eigenvalue weighted by atomic mass is 10.2. The molecule has 0 spiro atoms. The molecule has 2 aromatic carbocycles. The zero-order chi connectivity index (χ0) is 18.8. The van der Waals surface area contributed by atoms with Crippen LogP contribution in [0.2, 0.25) is 0 Å². The lowest BCUT2D eigenvalue weighted by Crippen LogP contribution is -2.24. The molecule has 0 radical (unpaired) electrons. The van der Waals surface area contributed by atoms with Gasteiger partial charge in [0.15, 0.2) is 0 Å². The van der Waals surface area contributed by atoms with Crippen molar-refractivity contribution < 1.29 is 13.9 Å². The average molecular weight is 365 g/mol. The van der Waals surface area contributed by atoms with Gasteiger partial charge in [-0.3, -0.25) is 4.79 Å². The molecule has 1 heterocycles. The third kappa shape index (κ3) is 3.84. The molecule has 0 aliphatic heterocycles. The lowest BCUT2D eigenvalue weighted by molar-refractivity contribution is 0.0945. The van der Waals surface area contributed by atoms with E-state index >= 15 is 0 Å². The van der Waals surface area contributed by atoms with Gasteiger partial charge in [-0.15, -0.1) is 0 Å². The quantitative estimate of drug-likeness (QED) is 0.693. The van der Waals surface area contributed by atoms with Crippen molar-refractivity contribution >= 4 is 5.91 Å². The molecule has 1 aliphatic rings. The molecule has 138 valence electrons. The molecular weight excluding hydrogens is 345 g/mol. The summed E-state index contributed by atoms with van der Waals surface area (Å²) in [5, 5.41) is 2.93. The molecule has 1 aromatic heterocycles. The van der Waals surface area contributed by atoms with E-state index in [1.165, 1.54) is 12.1 Å². The number of nitrogens with one attached hydrogen (secondary N) is 2.